The molecule has 0 bridgehead atoms. The number of nitrogens with zero attached hydrogens (tertiary/aromatic N) is 2. The second-order valence-corrected chi connectivity index (χ2v) is 6.61. The van der Waals surface area contributed by atoms with Gasteiger partial charge in [0.25, 0.3) is 0 Å². The molecule has 0 aromatic carbocycles. The SMILES string of the molecule is Cn1cc(CS(=O)(=O)CC(C)(C)N)cn1. The molecule has 0 atom stereocenters. The summed E-state index contributed by atoms with van der Waals surface area (Å²) < 4.78 is 25.0. The highest BCUT2D eigenvalue weighted by molar-refractivity contribution is 7.90. The third kappa shape index (κ3) is 4.44. The summed E-state index contributed by atoms with van der Waals surface area (Å²) >= 11 is 0. The third-order valence-corrected chi connectivity index (χ3v) is 3.69. The Bertz CT molecular complexity index is 428. The van der Waals surface area contributed by atoms with Gasteiger partial charge in [-0.25, -0.2) is 8.42 Å². The van der Waals surface area contributed by atoms with E-state index in [0.717, 1.165) is 0 Å². The van der Waals surface area contributed by atoms with Crippen LogP contribution in [0.15, 0.2) is 12.4 Å². The zero-order valence-corrected chi connectivity index (χ0v) is 10.1. The standard InChI is InChI=1S/C9H17N3O2S/c1-9(2,10)7-15(13,14)6-8-4-11-12(3)5-8/h4-5H,6-7,10H2,1-3H3. The normalized spacial score (nSPS) is 13.1. The van der Waals surface area contributed by atoms with Crippen molar-refractivity contribution >= 4 is 9.84 Å². The molecule has 0 aliphatic rings. The fraction of sp³-hybridized carbons (Fsp3) is 0.667. The minimum Gasteiger partial charge on any atom is -0.325 e. The smallest absolute Gasteiger partial charge is 0.156 e. The van der Waals surface area contributed by atoms with E-state index in [1.165, 1.54) is 0 Å². The van der Waals surface area contributed by atoms with Crippen molar-refractivity contribution in [2.75, 3.05) is 5.75 Å². The molecule has 0 radical (unpaired) electrons. The van der Waals surface area contributed by atoms with Crippen molar-refractivity contribution in [2.24, 2.45) is 12.8 Å². The van der Waals surface area contributed by atoms with Gasteiger partial charge in [0.15, 0.2) is 9.84 Å². The topological polar surface area (TPSA) is 78.0 Å². The van der Waals surface area contributed by atoms with Gasteiger partial charge in [0.05, 0.1) is 17.7 Å². The molecule has 15 heavy (non-hydrogen) atoms. The molecule has 5 nitrogen and oxygen atoms in total. The first-order chi connectivity index (χ1) is 6.68. The third-order valence-electron chi connectivity index (χ3n) is 1.74. The first kappa shape index (κ1) is 12.2. The molecular weight excluding hydrogens is 214 g/mol. The molecular formula is C9H17N3O2S. The van der Waals surface area contributed by atoms with Gasteiger partial charge in [0.2, 0.25) is 0 Å². The molecule has 0 aliphatic heterocycles. The molecule has 0 saturated heterocycles. The molecule has 0 spiro atoms. The summed E-state index contributed by atoms with van der Waals surface area (Å²) in [5.74, 6) is -0.0175. The molecule has 0 saturated carbocycles. The van der Waals surface area contributed by atoms with E-state index in [4.69, 9.17) is 5.73 Å². The van der Waals surface area contributed by atoms with E-state index in [2.05, 4.69) is 5.10 Å². The lowest BCUT2D eigenvalue weighted by Crippen LogP contribution is -2.40. The zero-order chi connectivity index (χ0) is 11.7. The fourth-order valence-corrected chi connectivity index (χ4v) is 3.31. The predicted octanol–water partition coefficient (Wildman–Crippen LogP) is 0.0722. The predicted molar refractivity (Wildman–Crippen MR) is 59.0 cm³/mol. The fourth-order valence-electron chi connectivity index (χ4n) is 1.42. The minimum atomic E-state index is -3.16. The Labute approximate surface area is 90.2 Å². The molecule has 0 aliphatic carbocycles. The van der Waals surface area contributed by atoms with Gasteiger partial charge in [0.1, 0.15) is 0 Å². The maximum atomic E-state index is 11.7. The van der Waals surface area contributed by atoms with E-state index in [-0.39, 0.29) is 11.5 Å². The molecule has 1 heterocycles. The van der Waals surface area contributed by atoms with Crippen molar-refractivity contribution < 1.29 is 8.42 Å². The molecule has 1 aromatic heterocycles. The number of nitrogens with two attached hydrogens (primary N) is 1. The second-order valence-electron chi connectivity index (χ2n) is 4.54. The van der Waals surface area contributed by atoms with Crippen LogP contribution >= 0.6 is 0 Å². The Morgan fingerprint density at radius 1 is 1.53 bits per heavy atom. The molecule has 86 valence electrons. The van der Waals surface area contributed by atoms with Crippen molar-refractivity contribution in [1.82, 2.24) is 9.78 Å². The van der Waals surface area contributed by atoms with Crippen LogP contribution < -0.4 is 5.73 Å². The van der Waals surface area contributed by atoms with Crippen LogP contribution in [-0.2, 0) is 22.6 Å². The summed E-state index contributed by atoms with van der Waals surface area (Å²) in [6.45, 7) is 3.40. The minimum absolute atomic E-state index is 0.00146. The maximum absolute atomic E-state index is 11.7. The number of aromatic nitrogens is 2. The van der Waals surface area contributed by atoms with E-state index in [9.17, 15) is 8.42 Å². The summed E-state index contributed by atoms with van der Waals surface area (Å²) in [4.78, 5) is 0. The van der Waals surface area contributed by atoms with Gasteiger partial charge in [0, 0.05) is 24.3 Å². The molecule has 0 fully saturated rings. The van der Waals surface area contributed by atoms with Crippen molar-refractivity contribution in [3.8, 4) is 0 Å². The molecule has 6 heteroatoms. The highest BCUT2D eigenvalue weighted by Gasteiger charge is 2.22. The Balaban J connectivity index is 2.73. The van der Waals surface area contributed by atoms with Crippen molar-refractivity contribution in [3.05, 3.63) is 18.0 Å². The lowest BCUT2D eigenvalue weighted by atomic mass is 10.1. The summed E-state index contributed by atoms with van der Waals surface area (Å²) in [6, 6.07) is 0. The van der Waals surface area contributed by atoms with Gasteiger partial charge in [-0.1, -0.05) is 0 Å². The number of hydrogen-bond acceptors (Lipinski definition) is 4. The van der Waals surface area contributed by atoms with Crippen LogP contribution in [0.25, 0.3) is 0 Å². The summed E-state index contributed by atoms with van der Waals surface area (Å²) in [5, 5.41) is 3.92. The van der Waals surface area contributed by atoms with Crippen LogP contribution in [0.5, 0.6) is 0 Å². The van der Waals surface area contributed by atoms with Gasteiger partial charge in [-0.15, -0.1) is 0 Å². The average Bonchev–Trinajstić information content (AvgIpc) is 2.27. The number of rotatable bonds is 4. The molecule has 1 rings (SSSR count). The quantitative estimate of drug-likeness (QED) is 0.795. The van der Waals surface area contributed by atoms with E-state index in [1.807, 2.05) is 0 Å². The Kier molecular flexibility index (Phi) is 3.20. The Morgan fingerprint density at radius 2 is 2.13 bits per heavy atom. The number of sulfone groups is 1. The van der Waals surface area contributed by atoms with Gasteiger partial charge < -0.3 is 5.73 Å². The van der Waals surface area contributed by atoms with E-state index >= 15 is 0 Å². The first-order valence-electron chi connectivity index (χ1n) is 4.65. The van der Waals surface area contributed by atoms with Gasteiger partial charge >= 0.3 is 0 Å². The molecule has 0 unspecified atom stereocenters. The van der Waals surface area contributed by atoms with Crippen molar-refractivity contribution in [2.45, 2.75) is 25.1 Å². The van der Waals surface area contributed by atoms with Crippen LogP contribution in [-0.4, -0.2) is 29.5 Å². The highest BCUT2D eigenvalue weighted by atomic mass is 32.2. The lowest BCUT2D eigenvalue weighted by molar-refractivity contribution is 0.544. The van der Waals surface area contributed by atoms with Crippen molar-refractivity contribution in [3.63, 3.8) is 0 Å². The maximum Gasteiger partial charge on any atom is 0.156 e. The highest BCUT2D eigenvalue weighted by Crippen LogP contribution is 2.10. The van der Waals surface area contributed by atoms with E-state index < -0.39 is 15.4 Å². The van der Waals surface area contributed by atoms with Crippen LogP contribution in [0.4, 0.5) is 0 Å². The lowest BCUT2D eigenvalue weighted by Gasteiger charge is -2.17. The van der Waals surface area contributed by atoms with Crippen molar-refractivity contribution in [1.29, 1.82) is 0 Å². The van der Waals surface area contributed by atoms with E-state index in [0.29, 0.717) is 5.56 Å². The molecule has 2 N–H and O–H groups in total. The van der Waals surface area contributed by atoms with Crippen LogP contribution in [0.3, 0.4) is 0 Å². The Morgan fingerprint density at radius 3 is 2.53 bits per heavy atom. The van der Waals surface area contributed by atoms with Gasteiger partial charge in [-0.05, 0) is 13.8 Å². The van der Waals surface area contributed by atoms with Gasteiger partial charge in [-0.2, -0.15) is 5.10 Å². The van der Waals surface area contributed by atoms with Gasteiger partial charge in [-0.3, -0.25) is 4.68 Å². The second kappa shape index (κ2) is 3.94. The first-order valence-corrected chi connectivity index (χ1v) is 6.47. The summed E-state index contributed by atoms with van der Waals surface area (Å²) in [6.07, 6.45) is 3.25. The number of aryl methyl sites for hydroxylation is 1. The van der Waals surface area contributed by atoms with Crippen LogP contribution in [0.2, 0.25) is 0 Å². The van der Waals surface area contributed by atoms with E-state index in [1.54, 1.807) is 38.0 Å². The van der Waals surface area contributed by atoms with Crippen LogP contribution in [0, 0.1) is 0 Å². The molecule has 1 aromatic rings. The summed E-state index contributed by atoms with van der Waals surface area (Å²) in [7, 11) is -1.40. The average molecular weight is 231 g/mol. The zero-order valence-electron chi connectivity index (χ0n) is 9.27. The van der Waals surface area contributed by atoms with Crippen LogP contribution in [0.1, 0.15) is 19.4 Å². The molecule has 0 amide bonds. The monoisotopic (exact) mass is 231 g/mol. The summed E-state index contributed by atoms with van der Waals surface area (Å²) in [5.41, 5.74) is 5.68. The Hall–Kier alpha value is -0.880. The largest absolute Gasteiger partial charge is 0.325 e. The number of hydrogen-bond donors (Lipinski definition) is 1.